The molecule has 2 aromatic heterocycles. The number of aromatic nitrogens is 2. The van der Waals surface area contributed by atoms with Gasteiger partial charge in [-0.1, -0.05) is 36.4 Å². The van der Waals surface area contributed by atoms with E-state index >= 15 is 0 Å². The third kappa shape index (κ3) is 3.81. The molecule has 0 aliphatic heterocycles. The van der Waals surface area contributed by atoms with E-state index in [-0.39, 0.29) is 24.0 Å². The number of halogens is 1. The zero-order valence-corrected chi connectivity index (χ0v) is 14.9. The van der Waals surface area contributed by atoms with Gasteiger partial charge in [0.2, 0.25) is 0 Å². The number of nitrogens with one attached hydrogen (secondary N) is 2. The second kappa shape index (κ2) is 7.84. The first-order valence-corrected chi connectivity index (χ1v) is 8.79. The molecule has 0 saturated heterocycles. The van der Waals surface area contributed by atoms with Crippen molar-refractivity contribution < 1.29 is 9.18 Å². The van der Waals surface area contributed by atoms with Crippen molar-refractivity contribution in [3.63, 3.8) is 0 Å². The van der Waals surface area contributed by atoms with Crippen molar-refractivity contribution in [2.45, 2.75) is 6.54 Å². The summed E-state index contributed by atoms with van der Waals surface area (Å²) in [5, 5.41) is 6.98. The van der Waals surface area contributed by atoms with Crippen LogP contribution in [0, 0.1) is 5.82 Å². The summed E-state index contributed by atoms with van der Waals surface area (Å²) < 4.78 is 13.6. The van der Waals surface area contributed by atoms with Gasteiger partial charge in [-0.3, -0.25) is 9.78 Å². The number of anilines is 2. The van der Waals surface area contributed by atoms with Crippen LogP contribution in [0.5, 0.6) is 0 Å². The highest BCUT2D eigenvalue weighted by molar-refractivity contribution is 5.93. The molecule has 0 unspecified atom stereocenters. The fourth-order valence-corrected chi connectivity index (χ4v) is 2.87. The Morgan fingerprint density at radius 3 is 2.61 bits per heavy atom. The SMILES string of the molecule is O=C(NCc1ccccc1F)c1ccc(Nc2cccc3cccnc23)cn1. The molecule has 6 heteroatoms. The molecule has 2 N–H and O–H groups in total. The van der Waals surface area contributed by atoms with Crippen molar-refractivity contribution in [3.8, 4) is 0 Å². The topological polar surface area (TPSA) is 66.9 Å². The number of hydrogen-bond donors (Lipinski definition) is 2. The Balaban J connectivity index is 1.45. The van der Waals surface area contributed by atoms with E-state index in [4.69, 9.17) is 0 Å². The Kier molecular flexibility index (Phi) is 4.93. The van der Waals surface area contributed by atoms with Crippen LogP contribution < -0.4 is 10.6 Å². The van der Waals surface area contributed by atoms with Crippen molar-refractivity contribution >= 4 is 28.2 Å². The highest BCUT2D eigenvalue weighted by Gasteiger charge is 2.09. The predicted molar refractivity (Wildman–Crippen MR) is 107 cm³/mol. The summed E-state index contributed by atoms with van der Waals surface area (Å²) in [6, 6.07) is 19.5. The number of carbonyl (C=O) groups is 1. The number of carbonyl (C=O) groups excluding carboxylic acids is 1. The molecule has 28 heavy (non-hydrogen) atoms. The lowest BCUT2D eigenvalue weighted by atomic mass is 10.2. The van der Waals surface area contributed by atoms with Gasteiger partial charge >= 0.3 is 0 Å². The second-order valence-corrected chi connectivity index (χ2v) is 6.21. The van der Waals surface area contributed by atoms with Gasteiger partial charge in [0.1, 0.15) is 11.5 Å². The maximum absolute atomic E-state index is 13.6. The Bertz CT molecular complexity index is 1120. The zero-order chi connectivity index (χ0) is 19.3. The van der Waals surface area contributed by atoms with Crippen LogP contribution in [0.3, 0.4) is 0 Å². The average Bonchev–Trinajstić information content (AvgIpc) is 2.74. The van der Waals surface area contributed by atoms with Crippen LogP contribution in [0.15, 0.2) is 79.1 Å². The van der Waals surface area contributed by atoms with Crippen molar-refractivity contribution in [2.75, 3.05) is 5.32 Å². The molecule has 2 heterocycles. The summed E-state index contributed by atoms with van der Waals surface area (Å²) in [7, 11) is 0. The predicted octanol–water partition coefficient (Wildman–Crippen LogP) is 4.44. The summed E-state index contributed by atoms with van der Waals surface area (Å²) in [5.41, 5.74) is 3.15. The number of fused-ring (bicyclic) bond motifs is 1. The van der Waals surface area contributed by atoms with E-state index in [0.717, 1.165) is 22.3 Å². The summed E-state index contributed by atoms with van der Waals surface area (Å²) in [5.74, 6) is -0.708. The average molecular weight is 372 g/mol. The molecule has 0 aliphatic carbocycles. The van der Waals surface area contributed by atoms with Crippen LogP contribution in [0.25, 0.3) is 10.9 Å². The molecule has 0 atom stereocenters. The largest absolute Gasteiger partial charge is 0.352 e. The molecule has 0 spiro atoms. The van der Waals surface area contributed by atoms with Crippen molar-refractivity contribution in [1.82, 2.24) is 15.3 Å². The van der Waals surface area contributed by atoms with E-state index in [1.807, 2.05) is 30.3 Å². The molecule has 2 aromatic carbocycles. The molecule has 0 bridgehead atoms. The van der Waals surface area contributed by atoms with E-state index < -0.39 is 0 Å². The highest BCUT2D eigenvalue weighted by atomic mass is 19.1. The number of pyridine rings is 2. The summed E-state index contributed by atoms with van der Waals surface area (Å²) in [6.07, 6.45) is 3.33. The first-order chi connectivity index (χ1) is 13.7. The van der Waals surface area contributed by atoms with Gasteiger partial charge in [0.15, 0.2) is 0 Å². The maximum atomic E-state index is 13.6. The van der Waals surface area contributed by atoms with Crippen molar-refractivity contribution in [2.24, 2.45) is 0 Å². The minimum absolute atomic E-state index is 0.106. The van der Waals surface area contributed by atoms with Crippen LogP contribution in [-0.4, -0.2) is 15.9 Å². The van der Waals surface area contributed by atoms with E-state index in [9.17, 15) is 9.18 Å². The molecular formula is C22H17FN4O. The van der Waals surface area contributed by atoms with E-state index in [1.165, 1.54) is 6.07 Å². The molecule has 1 amide bonds. The summed E-state index contributed by atoms with van der Waals surface area (Å²) >= 11 is 0. The fourth-order valence-electron chi connectivity index (χ4n) is 2.87. The first-order valence-electron chi connectivity index (χ1n) is 8.79. The molecule has 0 radical (unpaired) electrons. The fraction of sp³-hybridized carbons (Fsp3) is 0.0455. The maximum Gasteiger partial charge on any atom is 0.270 e. The molecule has 0 fully saturated rings. The van der Waals surface area contributed by atoms with Crippen LogP contribution in [0.1, 0.15) is 16.1 Å². The quantitative estimate of drug-likeness (QED) is 0.543. The van der Waals surface area contributed by atoms with Gasteiger partial charge in [-0.15, -0.1) is 0 Å². The standard InChI is InChI=1S/C22H17FN4O/c23-18-8-2-1-5-16(18)13-26-22(28)20-11-10-17(14-25-20)27-19-9-3-6-15-7-4-12-24-21(15)19/h1-12,14,27H,13H2,(H,26,28). The van der Waals surface area contributed by atoms with Gasteiger partial charge < -0.3 is 10.6 Å². The van der Waals surface area contributed by atoms with Gasteiger partial charge in [0.25, 0.3) is 5.91 Å². The molecule has 0 saturated carbocycles. The lowest BCUT2D eigenvalue weighted by Crippen LogP contribution is -2.24. The Labute approximate surface area is 161 Å². The van der Waals surface area contributed by atoms with Crippen molar-refractivity contribution in [3.05, 3.63) is 96.2 Å². The second-order valence-electron chi connectivity index (χ2n) is 6.21. The van der Waals surface area contributed by atoms with E-state index in [2.05, 4.69) is 20.6 Å². The third-order valence-corrected chi connectivity index (χ3v) is 4.31. The molecule has 138 valence electrons. The van der Waals surface area contributed by atoms with Crippen molar-refractivity contribution in [1.29, 1.82) is 0 Å². The van der Waals surface area contributed by atoms with Crippen LogP contribution in [-0.2, 0) is 6.54 Å². The van der Waals surface area contributed by atoms with E-state index in [0.29, 0.717) is 5.56 Å². The van der Waals surface area contributed by atoms with Gasteiger partial charge in [-0.25, -0.2) is 9.37 Å². The van der Waals surface area contributed by atoms with Gasteiger partial charge in [0, 0.05) is 23.7 Å². The Hall–Kier alpha value is -3.80. The first kappa shape index (κ1) is 17.6. The minimum Gasteiger partial charge on any atom is -0.352 e. The number of para-hydroxylation sites is 1. The molecule has 4 rings (SSSR count). The zero-order valence-electron chi connectivity index (χ0n) is 14.9. The van der Waals surface area contributed by atoms with Crippen LogP contribution in [0.4, 0.5) is 15.8 Å². The smallest absolute Gasteiger partial charge is 0.270 e. The number of nitrogens with zero attached hydrogens (tertiary/aromatic N) is 2. The van der Waals surface area contributed by atoms with Gasteiger partial charge in [-0.05, 0) is 30.3 Å². The molecular weight excluding hydrogens is 355 g/mol. The number of rotatable bonds is 5. The van der Waals surface area contributed by atoms with E-state index in [1.54, 1.807) is 42.7 Å². The number of hydrogen-bond acceptors (Lipinski definition) is 4. The molecule has 0 aliphatic rings. The summed E-state index contributed by atoms with van der Waals surface area (Å²) in [6.45, 7) is 0.106. The normalized spacial score (nSPS) is 10.6. The monoisotopic (exact) mass is 372 g/mol. The third-order valence-electron chi connectivity index (χ3n) is 4.31. The van der Waals surface area contributed by atoms with Crippen LogP contribution >= 0.6 is 0 Å². The highest BCUT2D eigenvalue weighted by Crippen LogP contribution is 2.24. The lowest BCUT2D eigenvalue weighted by Gasteiger charge is -2.10. The number of benzene rings is 2. The Morgan fingerprint density at radius 2 is 1.79 bits per heavy atom. The lowest BCUT2D eigenvalue weighted by molar-refractivity contribution is 0.0945. The van der Waals surface area contributed by atoms with Crippen LogP contribution in [0.2, 0.25) is 0 Å². The minimum atomic E-state index is -0.360. The number of amides is 1. The Morgan fingerprint density at radius 1 is 0.929 bits per heavy atom. The molecule has 5 nitrogen and oxygen atoms in total. The molecule has 4 aromatic rings. The summed E-state index contributed by atoms with van der Waals surface area (Å²) in [4.78, 5) is 20.9. The van der Waals surface area contributed by atoms with Gasteiger partial charge in [0.05, 0.1) is 23.1 Å². The van der Waals surface area contributed by atoms with Gasteiger partial charge in [-0.2, -0.15) is 0 Å².